The van der Waals surface area contributed by atoms with Gasteiger partial charge >= 0.3 is 0 Å². The predicted octanol–water partition coefficient (Wildman–Crippen LogP) is 5.49. The number of Topliss-reactive ketones (excluding diaryl/α,β-unsaturated/α-hetero) is 1. The van der Waals surface area contributed by atoms with E-state index in [4.69, 9.17) is 0 Å². The Kier molecular flexibility index (Phi) is 5.62. The van der Waals surface area contributed by atoms with Crippen LogP contribution >= 0.6 is 11.3 Å². The van der Waals surface area contributed by atoms with E-state index in [2.05, 4.69) is 19.9 Å². The van der Waals surface area contributed by atoms with Gasteiger partial charge in [0.2, 0.25) is 0 Å². The number of carbonyl (C=O) groups is 1. The van der Waals surface area contributed by atoms with Crippen molar-refractivity contribution in [3.05, 3.63) is 21.9 Å². The Morgan fingerprint density at radius 1 is 1.21 bits per heavy atom. The molecule has 1 aromatic rings. The van der Waals surface area contributed by atoms with Gasteiger partial charge in [0.1, 0.15) is 0 Å². The molecule has 1 saturated carbocycles. The van der Waals surface area contributed by atoms with Gasteiger partial charge in [-0.3, -0.25) is 4.79 Å². The van der Waals surface area contributed by atoms with Crippen LogP contribution in [-0.2, 0) is 6.42 Å². The quantitative estimate of drug-likeness (QED) is 0.629. The number of ketones is 1. The zero-order valence-corrected chi connectivity index (χ0v) is 13.1. The minimum Gasteiger partial charge on any atom is -0.293 e. The summed E-state index contributed by atoms with van der Waals surface area (Å²) in [6.07, 6.45) is 9.84. The van der Waals surface area contributed by atoms with Crippen molar-refractivity contribution in [2.75, 3.05) is 0 Å². The molecule has 19 heavy (non-hydrogen) atoms. The standard InChI is InChI=1S/C17H26OS/c1-3-5-6-13-7-9-14(10-8-13)17(18)16-12-11-15(4-2)19-16/h11-14H,3-10H2,1-2H3. The Bertz CT molecular complexity index is 399. The van der Waals surface area contributed by atoms with E-state index >= 15 is 0 Å². The first kappa shape index (κ1) is 14.8. The average Bonchev–Trinajstić information content (AvgIpc) is 2.94. The molecule has 1 aliphatic carbocycles. The number of rotatable bonds is 6. The highest BCUT2D eigenvalue weighted by molar-refractivity contribution is 7.14. The number of unbranched alkanes of at least 4 members (excludes halogenated alkanes) is 1. The Morgan fingerprint density at radius 3 is 2.53 bits per heavy atom. The molecule has 1 fully saturated rings. The Balaban J connectivity index is 1.85. The van der Waals surface area contributed by atoms with Crippen LogP contribution in [0.1, 0.15) is 73.3 Å². The maximum absolute atomic E-state index is 12.5. The highest BCUT2D eigenvalue weighted by atomic mass is 32.1. The van der Waals surface area contributed by atoms with Crippen molar-refractivity contribution in [3.8, 4) is 0 Å². The SMILES string of the molecule is CCCCC1CCC(C(=O)c2ccc(CC)s2)CC1. The summed E-state index contributed by atoms with van der Waals surface area (Å²) in [5, 5.41) is 0. The van der Waals surface area contributed by atoms with Gasteiger partial charge in [0.05, 0.1) is 4.88 Å². The molecule has 2 heteroatoms. The van der Waals surface area contributed by atoms with E-state index in [0.717, 1.165) is 30.1 Å². The van der Waals surface area contributed by atoms with Crippen molar-refractivity contribution in [2.24, 2.45) is 11.8 Å². The molecule has 1 aliphatic rings. The first-order chi connectivity index (χ1) is 9.24. The minimum absolute atomic E-state index is 0.307. The summed E-state index contributed by atoms with van der Waals surface area (Å²) < 4.78 is 0. The Morgan fingerprint density at radius 2 is 1.95 bits per heavy atom. The van der Waals surface area contributed by atoms with Gasteiger partial charge in [-0.1, -0.05) is 33.1 Å². The summed E-state index contributed by atoms with van der Waals surface area (Å²) >= 11 is 1.70. The van der Waals surface area contributed by atoms with Crippen LogP contribution in [0.3, 0.4) is 0 Å². The lowest BCUT2D eigenvalue weighted by Gasteiger charge is -2.27. The van der Waals surface area contributed by atoms with Gasteiger partial charge in [0, 0.05) is 10.8 Å². The third-order valence-electron chi connectivity index (χ3n) is 4.44. The van der Waals surface area contributed by atoms with Crippen molar-refractivity contribution in [3.63, 3.8) is 0 Å². The van der Waals surface area contributed by atoms with Crippen LogP contribution < -0.4 is 0 Å². The summed E-state index contributed by atoms with van der Waals surface area (Å²) in [6, 6.07) is 4.15. The van der Waals surface area contributed by atoms with E-state index in [-0.39, 0.29) is 0 Å². The fourth-order valence-corrected chi connectivity index (χ4v) is 4.07. The summed E-state index contributed by atoms with van der Waals surface area (Å²) in [4.78, 5) is 14.8. The van der Waals surface area contributed by atoms with Gasteiger partial charge in [0.15, 0.2) is 5.78 Å². The molecule has 0 unspecified atom stereocenters. The van der Waals surface area contributed by atoms with Gasteiger partial charge in [-0.25, -0.2) is 0 Å². The minimum atomic E-state index is 0.307. The summed E-state index contributed by atoms with van der Waals surface area (Å²) in [7, 11) is 0. The Labute approximate surface area is 121 Å². The van der Waals surface area contributed by atoms with Gasteiger partial charge in [-0.05, 0) is 50.2 Å². The molecule has 0 aliphatic heterocycles. The first-order valence-corrected chi connectivity index (χ1v) is 8.69. The van der Waals surface area contributed by atoms with Crippen molar-refractivity contribution in [1.82, 2.24) is 0 Å². The molecule has 0 N–H and O–H groups in total. The number of thiophene rings is 1. The fraction of sp³-hybridized carbons (Fsp3) is 0.706. The smallest absolute Gasteiger partial charge is 0.175 e. The van der Waals surface area contributed by atoms with E-state index in [1.54, 1.807) is 11.3 Å². The number of carbonyl (C=O) groups excluding carboxylic acids is 1. The highest BCUT2D eigenvalue weighted by Gasteiger charge is 2.27. The largest absolute Gasteiger partial charge is 0.293 e. The van der Waals surface area contributed by atoms with Gasteiger partial charge < -0.3 is 0 Å². The van der Waals surface area contributed by atoms with Crippen LogP contribution in [0.25, 0.3) is 0 Å². The molecule has 106 valence electrons. The molecule has 0 spiro atoms. The molecule has 1 aromatic heterocycles. The predicted molar refractivity (Wildman–Crippen MR) is 83.0 cm³/mol. The van der Waals surface area contributed by atoms with E-state index < -0.39 is 0 Å². The molecule has 0 radical (unpaired) electrons. The lowest BCUT2D eigenvalue weighted by Crippen LogP contribution is -2.21. The second-order valence-electron chi connectivity index (χ2n) is 5.84. The summed E-state index contributed by atoms with van der Waals surface area (Å²) in [5.41, 5.74) is 0. The van der Waals surface area contributed by atoms with Crippen LogP contribution in [-0.4, -0.2) is 5.78 Å². The van der Waals surface area contributed by atoms with Gasteiger partial charge in [-0.15, -0.1) is 11.3 Å². The molecule has 0 amide bonds. The van der Waals surface area contributed by atoms with Gasteiger partial charge in [-0.2, -0.15) is 0 Å². The van der Waals surface area contributed by atoms with E-state index in [1.165, 1.54) is 37.0 Å². The highest BCUT2D eigenvalue weighted by Crippen LogP contribution is 2.34. The van der Waals surface area contributed by atoms with E-state index in [9.17, 15) is 4.79 Å². The van der Waals surface area contributed by atoms with E-state index in [1.807, 2.05) is 6.07 Å². The second kappa shape index (κ2) is 7.23. The van der Waals surface area contributed by atoms with Crippen molar-refractivity contribution in [1.29, 1.82) is 0 Å². The lowest BCUT2D eigenvalue weighted by atomic mass is 9.78. The molecular weight excluding hydrogens is 252 g/mol. The molecular formula is C17H26OS. The molecule has 0 bridgehead atoms. The molecule has 0 atom stereocenters. The maximum atomic E-state index is 12.5. The summed E-state index contributed by atoms with van der Waals surface area (Å²) in [6.45, 7) is 4.41. The molecule has 1 heterocycles. The van der Waals surface area contributed by atoms with Crippen LogP contribution in [0.15, 0.2) is 12.1 Å². The molecule has 2 rings (SSSR count). The van der Waals surface area contributed by atoms with Crippen LogP contribution in [0, 0.1) is 11.8 Å². The molecule has 0 aromatic carbocycles. The van der Waals surface area contributed by atoms with Gasteiger partial charge in [0.25, 0.3) is 0 Å². The maximum Gasteiger partial charge on any atom is 0.175 e. The van der Waals surface area contributed by atoms with Crippen molar-refractivity contribution in [2.45, 2.75) is 65.2 Å². The van der Waals surface area contributed by atoms with E-state index in [0.29, 0.717) is 11.7 Å². The zero-order chi connectivity index (χ0) is 13.7. The fourth-order valence-electron chi connectivity index (χ4n) is 3.11. The number of aryl methyl sites for hydroxylation is 1. The van der Waals surface area contributed by atoms with Crippen molar-refractivity contribution < 1.29 is 4.79 Å². The van der Waals surface area contributed by atoms with Crippen LogP contribution in [0.2, 0.25) is 0 Å². The third kappa shape index (κ3) is 3.92. The summed E-state index contributed by atoms with van der Waals surface area (Å²) in [5.74, 6) is 1.61. The monoisotopic (exact) mass is 278 g/mol. The number of hydrogen-bond donors (Lipinski definition) is 0. The zero-order valence-electron chi connectivity index (χ0n) is 12.3. The van der Waals surface area contributed by atoms with Crippen molar-refractivity contribution >= 4 is 17.1 Å². The van der Waals surface area contributed by atoms with Crippen LogP contribution in [0.4, 0.5) is 0 Å². The Hall–Kier alpha value is -0.630. The average molecular weight is 278 g/mol. The molecule has 1 nitrogen and oxygen atoms in total. The first-order valence-electron chi connectivity index (χ1n) is 7.87. The normalized spacial score (nSPS) is 23.5. The second-order valence-corrected chi connectivity index (χ2v) is 7.01. The lowest BCUT2D eigenvalue weighted by molar-refractivity contribution is 0.0873. The topological polar surface area (TPSA) is 17.1 Å². The van der Waals surface area contributed by atoms with Crippen LogP contribution in [0.5, 0.6) is 0 Å². The number of hydrogen-bond acceptors (Lipinski definition) is 2. The molecule has 0 saturated heterocycles. The third-order valence-corrected chi connectivity index (χ3v) is 5.68.